The molecule has 1 fully saturated rings. The number of hydrogen-bond acceptors (Lipinski definition) is 4. The maximum Gasteiger partial charge on any atom is 0.158 e. The number of halogens is 1. The fourth-order valence-electron chi connectivity index (χ4n) is 2.46. The molecule has 0 bridgehead atoms. The van der Waals surface area contributed by atoms with Gasteiger partial charge in [0.2, 0.25) is 0 Å². The summed E-state index contributed by atoms with van der Waals surface area (Å²) in [5, 5.41) is 0.491. The largest absolute Gasteiger partial charge is 0.374 e. The van der Waals surface area contributed by atoms with Gasteiger partial charge in [0, 0.05) is 25.3 Å². The molecular weight excluding hydrogens is 262 g/mol. The average molecular weight is 284 g/mol. The van der Waals surface area contributed by atoms with Crippen molar-refractivity contribution >= 4 is 17.4 Å². The second-order valence-corrected chi connectivity index (χ2v) is 5.67. The minimum absolute atomic E-state index is 0.418. The van der Waals surface area contributed by atoms with E-state index in [4.69, 9.17) is 16.3 Å². The summed E-state index contributed by atoms with van der Waals surface area (Å²) in [4.78, 5) is 11.1. The molecule has 2 unspecified atom stereocenters. The standard InChI is InChI=1S/C14H22ClN3O/c1-4-19-9-13-16-12(15)7-14(17-13)18-8-10(2)5-6-11(18)3/h7,10-11H,4-6,8-9H2,1-3H3. The van der Waals surface area contributed by atoms with Crippen molar-refractivity contribution < 1.29 is 4.74 Å². The first-order valence-corrected chi connectivity index (χ1v) is 7.35. The molecule has 2 atom stereocenters. The number of aromatic nitrogens is 2. The Balaban J connectivity index is 2.20. The van der Waals surface area contributed by atoms with Crippen LogP contribution in [0.2, 0.25) is 5.15 Å². The molecule has 4 nitrogen and oxygen atoms in total. The Labute approximate surface area is 120 Å². The van der Waals surface area contributed by atoms with Gasteiger partial charge in [-0.05, 0) is 32.6 Å². The normalized spacial score (nSPS) is 23.7. The Bertz CT molecular complexity index is 427. The zero-order chi connectivity index (χ0) is 13.8. The van der Waals surface area contributed by atoms with Crippen LogP contribution in [0, 0.1) is 5.92 Å². The summed E-state index contributed by atoms with van der Waals surface area (Å²) >= 11 is 6.10. The Morgan fingerprint density at radius 3 is 2.89 bits per heavy atom. The van der Waals surface area contributed by atoms with Crippen molar-refractivity contribution in [2.24, 2.45) is 5.92 Å². The lowest BCUT2D eigenvalue weighted by atomic mass is 9.95. The van der Waals surface area contributed by atoms with E-state index in [1.807, 2.05) is 13.0 Å². The van der Waals surface area contributed by atoms with Crippen LogP contribution in [0.25, 0.3) is 0 Å². The summed E-state index contributed by atoms with van der Waals surface area (Å²) < 4.78 is 5.36. The van der Waals surface area contributed by atoms with E-state index in [9.17, 15) is 0 Å². The van der Waals surface area contributed by atoms with Crippen molar-refractivity contribution in [1.82, 2.24) is 9.97 Å². The Kier molecular flexibility index (Phi) is 4.99. The first kappa shape index (κ1) is 14.5. The lowest BCUT2D eigenvalue weighted by molar-refractivity contribution is 0.128. The van der Waals surface area contributed by atoms with Crippen LogP contribution in [-0.4, -0.2) is 29.2 Å². The molecule has 1 aromatic rings. The van der Waals surface area contributed by atoms with Gasteiger partial charge in [-0.1, -0.05) is 18.5 Å². The molecule has 5 heteroatoms. The molecule has 2 heterocycles. The SMILES string of the molecule is CCOCc1nc(Cl)cc(N2CC(C)CCC2C)n1. The molecule has 0 amide bonds. The number of piperidine rings is 1. The van der Waals surface area contributed by atoms with Crippen molar-refractivity contribution in [3.63, 3.8) is 0 Å². The molecule has 1 aromatic heterocycles. The van der Waals surface area contributed by atoms with Crippen LogP contribution in [0.4, 0.5) is 5.82 Å². The predicted molar refractivity (Wildman–Crippen MR) is 77.6 cm³/mol. The van der Waals surface area contributed by atoms with Gasteiger partial charge in [-0.25, -0.2) is 9.97 Å². The minimum atomic E-state index is 0.418. The van der Waals surface area contributed by atoms with E-state index >= 15 is 0 Å². The summed E-state index contributed by atoms with van der Waals surface area (Å²) in [5.41, 5.74) is 0. The number of hydrogen-bond donors (Lipinski definition) is 0. The number of rotatable bonds is 4. The minimum Gasteiger partial charge on any atom is -0.374 e. The quantitative estimate of drug-likeness (QED) is 0.795. The highest BCUT2D eigenvalue weighted by molar-refractivity contribution is 6.29. The molecule has 0 aliphatic carbocycles. The van der Waals surface area contributed by atoms with Crippen molar-refractivity contribution in [3.8, 4) is 0 Å². The molecule has 0 saturated carbocycles. The van der Waals surface area contributed by atoms with E-state index < -0.39 is 0 Å². The second kappa shape index (κ2) is 6.53. The van der Waals surface area contributed by atoms with E-state index in [1.54, 1.807) is 0 Å². The van der Waals surface area contributed by atoms with Crippen LogP contribution in [0.3, 0.4) is 0 Å². The molecule has 0 radical (unpaired) electrons. The zero-order valence-corrected chi connectivity index (χ0v) is 12.7. The van der Waals surface area contributed by atoms with Gasteiger partial charge in [-0.3, -0.25) is 0 Å². The summed E-state index contributed by atoms with van der Waals surface area (Å²) in [7, 11) is 0. The molecule has 1 aliphatic rings. The third kappa shape index (κ3) is 3.80. The predicted octanol–water partition coefficient (Wildman–Crippen LogP) is 3.29. The number of ether oxygens (including phenoxy) is 1. The van der Waals surface area contributed by atoms with Crippen LogP contribution in [-0.2, 0) is 11.3 Å². The van der Waals surface area contributed by atoms with Crippen molar-refractivity contribution in [2.75, 3.05) is 18.1 Å². The summed E-state index contributed by atoms with van der Waals surface area (Å²) in [6.45, 7) is 8.58. The fraction of sp³-hybridized carbons (Fsp3) is 0.714. The van der Waals surface area contributed by atoms with Crippen LogP contribution in [0.1, 0.15) is 39.4 Å². The van der Waals surface area contributed by atoms with Crippen molar-refractivity contribution in [2.45, 2.75) is 46.3 Å². The third-order valence-electron chi connectivity index (χ3n) is 3.57. The molecule has 0 aromatic carbocycles. The molecule has 19 heavy (non-hydrogen) atoms. The molecule has 0 spiro atoms. The van der Waals surface area contributed by atoms with Crippen molar-refractivity contribution in [1.29, 1.82) is 0 Å². The van der Waals surface area contributed by atoms with Gasteiger partial charge >= 0.3 is 0 Å². The highest BCUT2D eigenvalue weighted by atomic mass is 35.5. The zero-order valence-electron chi connectivity index (χ0n) is 11.9. The lowest BCUT2D eigenvalue weighted by Crippen LogP contribution is -2.41. The van der Waals surface area contributed by atoms with Gasteiger partial charge in [-0.2, -0.15) is 0 Å². The topological polar surface area (TPSA) is 38.2 Å². The molecule has 0 N–H and O–H groups in total. The van der Waals surface area contributed by atoms with Crippen molar-refractivity contribution in [3.05, 3.63) is 17.0 Å². The fourth-order valence-corrected chi connectivity index (χ4v) is 2.66. The smallest absolute Gasteiger partial charge is 0.158 e. The first-order valence-electron chi connectivity index (χ1n) is 6.98. The van der Waals surface area contributed by atoms with Crippen LogP contribution < -0.4 is 4.90 Å². The van der Waals surface area contributed by atoms with E-state index in [2.05, 4.69) is 28.7 Å². The maximum absolute atomic E-state index is 6.10. The van der Waals surface area contributed by atoms with Crippen LogP contribution >= 0.6 is 11.6 Å². The highest BCUT2D eigenvalue weighted by Gasteiger charge is 2.24. The monoisotopic (exact) mass is 283 g/mol. The Hall–Kier alpha value is -0.870. The second-order valence-electron chi connectivity index (χ2n) is 5.29. The molecule has 1 saturated heterocycles. The molecule has 106 valence electrons. The van der Waals surface area contributed by atoms with E-state index in [0.29, 0.717) is 36.2 Å². The van der Waals surface area contributed by atoms with E-state index in [0.717, 1.165) is 12.4 Å². The third-order valence-corrected chi connectivity index (χ3v) is 3.77. The van der Waals surface area contributed by atoms with Crippen LogP contribution in [0.5, 0.6) is 0 Å². The lowest BCUT2D eigenvalue weighted by Gasteiger charge is -2.37. The summed E-state index contributed by atoms with van der Waals surface area (Å²) in [6.07, 6.45) is 2.48. The van der Waals surface area contributed by atoms with E-state index in [-0.39, 0.29) is 0 Å². The molecule has 1 aliphatic heterocycles. The summed E-state index contributed by atoms with van der Waals surface area (Å²) in [6, 6.07) is 2.35. The average Bonchev–Trinajstić information content (AvgIpc) is 2.38. The summed E-state index contributed by atoms with van der Waals surface area (Å²) in [5.74, 6) is 2.28. The number of anilines is 1. The van der Waals surface area contributed by atoms with Gasteiger partial charge in [0.05, 0.1) is 0 Å². The van der Waals surface area contributed by atoms with E-state index in [1.165, 1.54) is 12.8 Å². The van der Waals surface area contributed by atoms with Gasteiger partial charge in [0.1, 0.15) is 17.6 Å². The molecule has 2 rings (SSSR count). The molecular formula is C14H22ClN3O. The van der Waals surface area contributed by atoms with Gasteiger partial charge < -0.3 is 9.64 Å². The van der Waals surface area contributed by atoms with Gasteiger partial charge in [0.15, 0.2) is 5.82 Å². The van der Waals surface area contributed by atoms with Gasteiger partial charge in [-0.15, -0.1) is 0 Å². The first-order chi connectivity index (χ1) is 9.10. The van der Waals surface area contributed by atoms with Crippen LogP contribution in [0.15, 0.2) is 6.07 Å². The highest BCUT2D eigenvalue weighted by Crippen LogP contribution is 2.27. The number of nitrogens with zero attached hydrogens (tertiary/aromatic N) is 3. The van der Waals surface area contributed by atoms with Gasteiger partial charge in [0.25, 0.3) is 0 Å². The Morgan fingerprint density at radius 1 is 1.37 bits per heavy atom. The Morgan fingerprint density at radius 2 is 2.16 bits per heavy atom. The maximum atomic E-state index is 6.10.